The summed E-state index contributed by atoms with van der Waals surface area (Å²) in [6.07, 6.45) is 2.06. The Morgan fingerprint density at radius 1 is 1.31 bits per heavy atom. The van der Waals surface area contributed by atoms with Gasteiger partial charge in [-0.15, -0.1) is 11.6 Å². The Morgan fingerprint density at radius 2 is 2.06 bits per heavy atom. The first-order valence-corrected chi connectivity index (χ1v) is 6.57. The molecule has 0 saturated carbocycles. The lowest BCUT2D eigenvalue weighted by molar-refractivity contribution is 0.334. The maximum atomic E-state index is 5.81. The molecule has 0 N–H and O–H groups in total. The van der Waals surface area contributed by atoms with Crippen molar-refractivity contribution >= 4 is 11.6 Å². The monoisotopic (exact) mass is 240 g/mol. The van der Waals surface area contributed by atoms with Crippen LogP contribution in [0.2, 0.25) is 0 Å². The van der Waals surface area contributed by atoms with E-state index in [0.29, 0.717) is 18.4 Å². The summed E-state index contributed by atoms with van der Waals surface area (Å²) in [7, 11) is 0. The van der Waals surface area contributed by atoms with Crippen molar-refractivity contribution < 1.29 is 4.74 Å². The van der Waals surface area contributed by atoms with Crippen LogP contribution >= 0.6 is 11.6 Å². The van der Waals surface area contributed by atoms with Gasteiger partial charge in [0.2, 0.25) is 0 Å². The average Bonchev–Trinajstić information content (AvgIpc) is 2.30. The van der Waals surface area contributed by atoms with Crippen LogP contribution in [0.5, 0.6) is 5.75 Å². The largest absolute Gasteiger partial charge is 0.494 e. The number of alkyl halides is 1. The molecule has 1 unspecified atom stereocenters. The number of hydrogen-bond acceptors (Lipinski definition) is 1. The predicted molar refractivity (Wildman–Crippen MR) is 70.7 cm³/mol. The van der Waals surface area contributed by atoms with E-state index in [0.717, 1.165) is 18.6 Å². The maximum absolute atomic E-state index is 5.81. The topological polar surface area (TPSA) is 9.23 Å². The van der Waals surface area contributed by atoms with Crippen LogP contribution < -0.4 is 4.74 Å². The highest BCUT2D eigenvalue weighted by molar-refractivity contribution is 6.17. The molecule has 0 amide bonds. The quantitative estimate of drug-likeness (QED) is 0.671. The van der Waals surface area contributed by atoms with E-state index in [2.05, 4.69) is 32.0 Å². The Bertz CT molecular complexity index is 323. The minimum atomic E-state index is 0.463. The minimum absolute atomic E-state index is 0.463. The van der Waals surface area contributed by atoms with E-state index in [-0.39, 0.29) is 0 Å². The fraction of sp³-hybridized carbons (Fsp3) is 0.571. The molecule has 0 radical (unpaired) electrons. The highest BCUT2D eigenvalue weighted by Crippen LogP contribution is 2.30. The summed E-state index contributed by atoms with van der Waals surface area (Å²) in [5, 5.41) is 0. The fourth-order valence-corrected chi connectivity index (χ4v) is 2.14. The van der Waals surface area contributed by atoms with E-state index >= 15 is 0 Å². The van der Waals surface area contributed by atoms with Crippen LogP contribution in [0.25, 0.3) is 0 Å². The number of halogens is 1. The molecular formula is C14H21ClO. The van der Waals surface area contributed by atoms with Gasteiger partial charge in [-0.1, -0.05) is 26.0 Å². The summed E-state index contributed by atoms with van der Waals surface area (Å²) in [6.45, 7) is 7.11. The molecule has 0 bridgehead atoms. The predicted octanol–water partition coefficient (Wildman–Crippen LogP) is 4.38. The molecule has 1 aromatic carbocycles. The van der Waals surface area contributed by atoms with E-state index < -0.39 is 0 Å². The molecule has 90 valence electrons. The van der Waals surface area contributed by atoms with Crippen LogP contribution in [0.3, 0.4) is 0 Å². The van der Waals surface area contributed by atoms with Crippen molar-refractivity contribution in [2.24, 2.45) is 0 Å². The van der Waals surface area contributed by atoms with Gasteiger partial charge in [-0.3, -0.25) is 0 Å². The molecule has 1 atom stereocenters. The molecule has 2 heteroatoms. The zero-order valence-electron chi connectivity index (χ0n) is 10.4. The molecule has 0 heterocycles. The van der Waals surface area contributed by atoms with E-state index in [1.54, 1.807) is 0 Å². The SMILES string of the molecule is CCOc1ccc(CC)cc1C(C)CCCl. The van der Waals surface area contributed by atoms with Crippen molar-refractivity contribution in [1.82, 2.24) is 0 Å². The van der Waals surface area contributed by atoms with Crippen molar-refractivity contribution in [3.05, 3.63) is 29.3 Å². The number of hydrogen-bond donors (Lipinski definition) is 0. The molecule has 16 heavy (non-hydrogen) atoms. The Morgan fingerprint density at radius 3 is 2.62 bits per heavy atom. The van der Waals surface area contributed by atoms with Gasteiger partial charge in [0, 0.05) is 5.88 Å². The lowest BCUT2D eigenvalue weighted by Crippen LogP contribution is -2.02. The van der Waals surface area contributed by atoms with Gasteiger partial charge in [-0.25, -0.2) is 0 Å². The van der Waals surface area contributed by atoms with Gasteiger partial charge >= 0.3 is 0 Å². The van der Waals surface area contributed by atoms with Gasteiger partial charge in [0.05, 0.1) is 6.61 Å². The highest BCUT2D eigenvalue weighted by Gasteiger charge is 2.11. The average molecular weight is 241 g/mol. The van der Waals surface area contributed by atoms with Crippen LogP contribution in [-0.2, 0) is 6.42 Å². The number of ether oxygens (including phenoxy) is 1. The summed E-state index contributed by atoms with van der Waals surface area (Å²) in [4.78, 5) is 0. The van der Waals surface area contributed by atoms with Gasteiger partial charge in [0.1, 0.15) is 5.75 Å². The highest BCUT2D eigenvalue weighted by atomic mass is 35.5. The van der Waals surface area contributed by atoms with Crippen molar-refractivity contribution in [2.75, 3.05) is 12.5 Å². The zero-order valence-corrected chi connectivity index (χ0v) is 11.2. The lowest BCUT2D eigenvalue weighted by atomic mass is 9.95. The molecule has 0 fully saturated rings. The van der Waals surface area contributed by atoms with Crippen molar-refractivity contribution in [1.29, 1.82) is 0 Å². The van der Waals surface area contributed by atoms with E-state index in [9.17, 15) is 0 Å². The third kappa shape index (κ3) is 3.41. The minimum Gasteiger partial charge on any atom is -0.494 e. The zero-order chi connectivity index (χ0) is 12.0. The molecule has 0 saturated heterocycles. The molecule has 0 spiro atoms. The molecule has 1 aromatic rings. The summed E-state index contributed by atoms with van der Waals surface area (Å²) in [5.74, 6) is 2.17. The second-order valence-electron chi connectivity index (χ2n) is 4.04. The second-order valence-corrected chi connectivity index (χ2v) is 4.42. The second kappa shape index (κ2) is 6.80. The van der Waals surface area contributed by atoms with Crippen LogP contribution in [0.1, 0.15) is 44.2 Å². The smallest absolute Gasteiger partial charge is 0.122 e. The van der Waals surface area contributed by atoms with Crippen LogP contribution in [0.4, 0.5) is 0 Å². The van der Waals surface area contributed by atoms with E-state index in [1.165, 1.54) is 11.1 Å². The summed E-state index contributed by atoms with van der Waals surface area (Å²) >= 11 is 5.81. The van der Waals surface area contributed by atoms with Crippen molar-refractivity contribution in [3.8, 4) is 5.75 Å². The Hall–Kier alpha value is -0.690. The molecule has 0 aromatic heterocycles. The van der Waals surface area contributed by atoms with Crippen molar-refractivity contribution in [2.45, 2.75) is 39.5 Å². The standard InChI is InChI=1S/C14H21ClO/c1-4-12-6-7-14(16-5-2)13(10-12)11(3)8-9-15/h6-7,10-11H,4-5,8-9H2,1-3H3. The van der Waals surface area contributed by atoms with Crippen LogP contribution in [0.15, 0.2) is 18.2 Å². The molecule has 0 aliphatic rings. The number of rotatable bonds is 6. The number of benzene rings is 1. The van der Waals surface area contributed by atoms with Gasteiger partial charge in [-0.2, -0.15) is 0 Å². The summed E-state index contributed by atoms with van der Waals surface area (Å²) < 4.78 is 5.66. The molecule has 0 aliphatic carbocycles. The van der Waals surface area contributed by atoms with Crippen molar-refractivity contribution in [3.63, 3.8) is 0 Å². The van der Waals surface area contributed by atoms with Crippen LogP contribution in [0, 0.1) is 0 Å². The Labute approximate surface area is 104 Å². The first-order valence-electron chi connectivity index (χ1n) is 6.04. The third-order valence-electron chi connectivity index (χ3n) is 2.86. The van der Waals surface area contributed by atoms with E-state index in [4.69, 9.17) is 16.3 Å². The first kappa shape index (κ1) is 13.4. The van der Waals surface area contributed by atoms with Gasteiger partial charge in [-0.05, 0) is 42.9 Å². The lowest BCUT2D eigenvalue weighted by Gasteiger charge is -2.16. The Kier molecular flexibility index (Phi) is 5.68. The third-order valence-corrected chi connectivity index (χ3v) is 3.07. The van der Waals surface area contributed by atoms with Gasteiger partial charge in [0.15, 0.2) is 0 Å². The van der Waals surface area contributed by atoms with Gasteiger partial charge in [0.25, 0.3) is 0 Å². The molecular weight excluding hydrogens is 220 g/mol. The number of aryl methyl sites for hydroxylation is 1. The normalized spacial score (nSPS) is 12.5. The summed E-state index contributed by atoms with van der Waals surface area (Å²) in [5.41, 5.74) is 2.65. The van der Waals surface area contributed by atoms with Crippen LogP contribution in [-0.4, -0.2) is 12.5 Å². The maximum Gasteiger partial charge on any atom is 0.122 e. The molecule has 1 nitrogen and oxygen atoms in total. The van der Waals surface area contributed by atoms with Gasteiger partial charge < -0.3 is 4.74 Å². The molecule has 1 rings (SSSR count). The van der Waals surface area contributed by atoms with E-state index in [1.807, 2.05) is 6.92 Å². The summed E-state index contributed by atoms with van der Waals surface area (Å²) in [6, 6.07) is 6.48. The Balaban J connectivity index is 2.99. The first-order chi connectivity index (χ1) is 7.72. The molecule has 0 aliphatic heterocycles. The fourth-order valence-electron chi connectivity index (χ4n) is 1.81.